The lowest BCUT2D eigenvalue weighted by molar-refractivity contribution is -0.141. The molecule has 3 heterocycles. The molecule has 8 heteroatoms. The quantitative estimate of drug-likeness (QED) is 0.547. The molecular formula is C27H24F3N3O2. The number of fused-ring (bicyclic) bond motifs is 1. The Labute approximate surface area is 201 Å². The Balaban J connectivity index is 1.27. The predicted molar refractivity (Wildman–Crippen MR) is 127 cm³/mol. The smallest absolute Gasteiger partial charge is 0.383 e. The molecule has 180 valence electrons. The van der Waals surface area contributed by atoms with Crippen molar-refractivity contribution in [1.29, 1.82) is 0 Å². The van der Waals surface area contributed by atoms with Crippen LogP contribution in [0.2, 0.25) is 0 Å². The highest BCUT2D eigenvalue weighted by molar-refractivity contribution is 5.95. The van der Waals surface area contributed by atoms with Gasteiger partial charge in [-0.3, -0.25) is 4.79 Å². The van der Waals surface area contributed by atoms with Crippen molar-refractivity contribution in [2.24, 2.45) is 0 Å². The third kappa shape index (κ3) is 4.53. The number of alkyl halides is 3. The van der Waals surface area contributed by atoms with E-state index in [0.717, 1.165) is 29.5 Å². The number of pyridine rings is 1. The monoisotopic (exact) mass is 479 g/mol. The molecule has 35 heavy (non-hydrogen) atoms. The largest absolute Gasteiger partial charge is 0.433 e. The molecule has 0 radical (unpaired) electrons. The predicted octanol–water partition coefficient (Wildman–Crippen LogP) is 5.39. The number of aromatic nitrogens is 1. The van der Waals surface area contributed by atoms with Crippen LogP contribution in [0.4, 0.5) is 24.5 Å². The van der Waals surface area contributed by atoms with Crippen LogP contribution in [-0.2, 0) is 11.8 Å². The maximum atomic E-state index is 13.1. The van der Waals surface area contributed by atoms with Crippen molar-refractivity contribution >= 4 is 23.4 Å². The first-order valence-electron chi connectivity index (χ1n) is 11.4. The second-order valence-electron chi connectivity index (χ2n) is 8.85. The van der Waals surface area contributed by atoms with E-state index >= 15 is 0 Å². The summed E-state index contributed by atoms with van der Waals surface area (Å²) < 4.78 is 39.1. The maximum Gasteiger partial charge on any atom is 0.433 e. The second kappa shape index (κ2) is 8.85. The molecule has 1 N–H and O–H groups in total. The minimum atomic E-state index is -4.58. The molecule has 2 aliphatic rings. The van der Waals surface area contributed by atoms with Crippen LogP contribution in [0.25, 0.3) is 6.08 Å². The van der Waals surface area contributed by atoms with E-state index in [4.69, 9.17) is 0 Å². The van der Waals surface area contributed by atoms with Crippen molar-refractivity contribution in [3.63, 3.8) is 0 Å². The number of hydrogen-bond acceptors (Lipinski definition) is 4. The minimum absolute atomic E-state index is 0.0142. The Morgan fingerprint density at radius 1 is 0.943 bits per heavy atom. The number of amides is 1. The van der Waals surface area contributed by atoms with Crippen LogP contribution < -0.4 is 4.90 Å². The number of nitrogens with zero attached hydrogens (tertiary/aromatic N) is 3. The zero-order valence-electron chi connectivity index (χ0n) is 18.9. The van der Waals surface area contributed by atoms with Gasteiger partial charge in [0, 0.05) is 36.6 Å². The van der Waals surface area contributed by atoms with Crippen LogP contribution in [0.1, 0.15) is 40.2 Å². The first kappa shape index (κ1) is 23.1. The lowest BCUT2D eigenvalue weighted by atomic mass is 9.87. The van der Waals surface area contributed by atoms with Gasteiger partial charge in [0.05, 0.1) is 5.69 Å². The van der Waals surface area contributed by atoms with E-state index in [0.29, 0.717) is 5.56 Å². The van der Waals surface area contributed by atoms with Gasteiger partial charge < -0.3 is 14.9 Å². The summed E-state index contributed by atoms with van der Waals surface area (Å²) >= 11 is 0. The lowest BCUT2D eigenvalue weighted by Crippen LogP contribution is -2.45. The summed E-state index contributed by atoms with van der Waals surface area (Å²) in [6.45, 7) is 1.18. The zero-order chi connectivity index (χ0) is 24.6. The highest BCUT2D eigenvalue weighted by Gasteiger charge is 2.39. The van der Waals surface area contributed by atoms with E-state index in [1.54, 1.807) is 17.0 Å². The molecule has 0 spiro atoms. The summed E-state index contributed by atoms with van der Waals surface area (Å²) in [4.78, 5) is 20.5. The third-order valence-electron chi connectivity index (χ3n) is 6.63. The summed E-state index contributed by atoms with van der Waals surface area (Å²) in [5, 5.41) is 11.0. The molecule has 0 unspecified atom stereocenters. The molecular weight excluding hydrogens is 455 g/mol. The van der Waals surface area contributed by atoms with Crippen LogP contribution in [-0.4, -0.2) is 40.5 Å². The number of anilines is 2. The summed E-state index contributed by atoms with van der Waals surface area (Å²) in [6.07, 6.45) is -0.169. The van der Waals surface area contributed by atoms with Crippen LogP contribution in [0.5, 0.6) is 0 Å². The summed E-state index contributed by atoms with van der Waals surface area (Å²) in [6, 6.07) is 19.0. The summed E-state index contributed by atoms with van der Waals surface area (Å²) in [7, 11) is 0. The van der Waals surface area contributed by atoms with Crippen molar-refractivity contribution < 1.29 is 23.1 Å². The first-order chi connectivity index (χ1) is 16.7. The van der Waals surface area contributed by atoms with E-state index in [9.17, 15) is 23.1 Å². The molecule has 1 fully saturated rings. The topological polar surface area (TPSA) is 56.7 Å². The van der Waals surface area contributed by atoms with Gasteiger partial charge in [0.25, 0.3) is 5.91 Å². The van der Waals surface area contributed by atoms with E-state index in [1.807, 2.05) is 24.3 Å². The number of benzene rings is 2. The van der Waals surface area contributed by atoms with Gasteiger partial charge in [0.15, 0.2) is 0 Å². The molecule has 5 nitrogen and oxygen atoms in total. The number of hydrogen-bond donors (Lipinski definition) is 1. The molecule has 0 bridgehead atoms. The Hall–Kier alpha value is -3.65. The van der Waals surface area contributed by atoms with E-state index in [-0.39, 0.29) is 37.5 Å². The van der Waals surface area contributed by atoms with Gasteiger partial charge in [-0.15, -0.1) is 0 Å². The van der Waals surface area contributed by atoms with Crippen molar-refractivity contribution in [1.82, 2.24) is 9.88 Å². The Morgan fingerprint density at radius 2 is 1.66 bits per heavy atom. The molecule has 0 aliphatic carbocycles. The van der Waals surface area contributed by atoms with Gasteiger partial charge in [0.2, 0.25) is 0 Å². The number of piperidine rings is 1. The van der Waals surface area contributed by atoms with E-state index in [2.05, 4.69) is 34.2 Å². The molecule has 2 aliphatic heterocycles. The Morgan fingerprint density at radius 3 is 2.37 bits per heavy atom. The molecule has 1 saturated heterocycles. The molecule has 0 saturated carbocycles. The van der Waals surface area contributed by atoms with Gasteiger partial charge in [-0.25, -0.2) is 4.98 Å². The van der Waals surface area contributed by atoms with Crippen molar-refractivity contribution in [2.75, 3.05) is 24.5 Å². The second-order valence-corrected chi connectivity index (χ2v) is 8.85. The number of likely N-dealkylation sites (tertiary alicyclic amines) is 1. The number of aliphatic hydroxyl groups is 1. The van der Waals surface area contributed by atoms with Crippen LogP contribution in [0.3, 0.4) is 0 Å². The van der Waals surface area contributed by atoms with Crippen LogP contribution >= 0.6 is 0 Å². The molecule has 0 atom stereocenters. The Kier molecular flexibility index (Phi) is 5.84. The normalized spacial score (nSPS) is 17.3. The lowest BCUT2D eigenvalue weighted by Gasteiger charge is -2.38. The van der Waals surface area contributed by atoms with Gasteiger partial charge in [-0.1, -0.05) is 36.4 Å². The fourth-order valence-corrected chi connectivity index (χ4v) is 4.66. The number of carbonyl (C=O) groups is 1. The molecule has 1 aromatic heterocycles. The number of halogens is 3. The van der Waals surface area contributed by atoms with Crippen LogP contribution in [0, 0.1) is 0 Å². The molecule has 3 aromatic rings. The fraction of sp³-hybridized carbons (Fsp3) is 0.259. The number of para-hydroxylation sites is 1. The summed E-state index contributed by atoms with van der Waals surface area (Å²) in [5.41, 5.74) is 1.19. The van der Waals surface area contributed by atoms with Gasteiger partial charge in [-0.05, 0) is 60.9 Å². The summed E-state index contributed by atoms with van der Waals surface area (Å²) in [5.74, 6) is -0.172. The van der Waals surface area contributed by atoms with Crippen molar-refractivity contribution in [3.8, 4) is 0 Å². The fourth-order valence-electron chi connectivity index (χ4n) is 4.66. The maximum absolute atomic E-state index is 13.1. The first-order valence-corrected chi connectivity index (χ1v) is 11.4. The standard InChI is InChI=1S/C27H24F3N3O2/c28-27(29,30)24-9-3-8-23(31-24)26(35)14-17-32(18-15-26)25(34)20-10-12-21(13-11-20)33-16-4-6-19-5-1-2-7-22(19)33/h1-13,35H,14-18H2. The highest BCUT2D eigenvalue weighted by Crippen LogP contribution is 2.36. The third-order valence-corrected chi connectivity index (χ3v) is 6.63. The van der Waals surface area contributed by atoms with Gasteiger partial charge in [-0.2, -0.15) is 13.2 Å². The molecule has 1 amide bonds. The van der Waals surface area contributed by atoms with Gasteiger partial charge in [0.1, 0.15) is 11.3 Å². The number of carbonyl (C=O) groups excluding carboxylic acids is 1. The van der Waals surface area contributed by atoms with E-state index < -0.39 is 17.5 Å². The average Bonchev–Trinajstić information content (AvgIpc) is 2.88. The molecule has 2 aromatic carbocycles. The zero-order valence-corrected chi connectivity index (χ0v) is 18.9. The average molecular weight is 480 g/mol. The highest BCUT2D eigenvalue weighted by atomic mass is 19.4. The SMILES string of the molecule is O=C(c1ccc(N2CC=Cc3ccccc32)cc1)N1CCC(O)(c2cccc(C(F)(F)F)n2)CC1. The van der Waals surface area contributed by atoms with Crippen LogP contribution in [0.15, 0.2) is 72.8 Å². The van der Waals surface area contributed by atoms with E-state index in [1.165, 1.54) is 12.1 Å². The Bertz CT molecular complexity index is 1260. The van der Waals surface area contributed by atoms with Crippen molar-refractivity contribution in [3.05, 3.63) is 95.3 Å². The minimum Gasteiger partial charge on any atom is -0.383 e. The van der Waals surface area contributed by atoms with Gasteiger partial charge >= 0.3 is 6.18 Å². The van der Waals surface area contributed by atoms with Crippen molar-refractivity contribution in [2.45, 2.75) is 24.6 Å². The molecule has 5 rings (SSSR count). The number of rotatable bonds is 3.